The molecule has 0 saturated heterocycles. The zero-order valence-electron chi connectivity index (χ0n) is 20.0. The van der Waals surface area contributed by atoms with Gasteiger partial charge in [-0.15, -0.1) is 0 Å². The number of fused-ring (bicyclic) bond motifs is 5. The predicted octanol–water partition coefficient (Wildman–Crippen LogP) is 5.60. The summed E-state index contributed by atoms with van der Waals surface area (Å²) in [7, 11) is 0. The molecule has 0 N–H and O–H groups in total. The Hall–Kier alpha value is -1.71. The van der Waals surface area contributed by atoms with Gasteiger partial charge in [0.2, 0.25) is 0 Å². The van der Waals surface area contributed by atoms with Crippen LogP contribution in [0.2, 0.25) is 0 Å². The second-order valence-electron chi connectivity index (χ2n) is 11.2. The van der Waals surface area contributed by atoms with Crippen LogP contribution in [-0.2, 0) is 19.1 Å². The fraction of sp³-hybridized carbons (Fsp3) is 0.741. The molecule has 0 bridgehead atoms. The molecule has 4 aliphatic carbocycles. The van der Waals surface area contributed by atoms with Crippen molar-refractivity contribution in [3.8, 4) is 0 Å². The molecule has 2 fully saturated rings. The summed E-state index contributed by atoms with van der Waals surface area (Å²) < 4.78 is 6.16. The molecule has 4 heteroatoms. The number of rotatable bonds is 4. The second kappa shape index (κ2) is 7.42. The zero-order valence-corrected chi connectivity index (χ0v) is 20.0. The van der Waals surface area contributed by atoms with Crippen molar-refractivity contribution in [2.75, 3.05) is 0 Å². The summed E-state index contributed by atoms with van der Waals surface area (Å²) in [5, 5.41) is 0. The normalized spacial score (nSPS) is 43.9. The lowest BCUT2D eigenvalue weighted by molar-refractivity contribution is -0.188. The SMILES string of the molecule is CCCC(=O)O[C@]1(C(C)=O)[C@@H](C)C[C@H]2[C@@H]3C[C@H](C)C4=CC(=O)CC[C@]4(C)C3=CC[C@@]21C. The maximum Gasteiger partial charge on any atom is 0.306 e. The van der Waals surface area contributed by atoms with Crippen molar-refractivity contribution in [2.24, 2.45) is 34.5 Å². The van der Waals surface area contributed by atoms with E-state index >= 15 is 0 Å². The van der Waals surface area contributed by atoms with Gasteiger partial charge in [0.15, 0.2) is 17.2 Å². The van der Waals surface area contributed by atoms with Gasteiger partial charge >= 0.3 is 5.97 Å². The van der Waals surface area contributed by atoms with Crippen LogP contribution in [0.4, 0.5) is 0 Å². The lowest BCUT2D eigenvalue weighted by Crippen LogP contribution is -2.58. The van der Waals surface area contributed by atoms with E-state index in [9.17, 15) is 14.4 Å². The number of hydrogen-bond donors (Lipinski definition) is 0. The molecule has 2 saturated carbocycles. The van der Waals surface area contributed by atoms with Gasteiger partial charge in [0, 0.05) is 29.6 Å². The molecule has 7 atom stereocenters. The number of carbonyl (C=O) groups is 3. The van der Waals surface area contributed by atoms with Gasteiger partial charge in [-0.25, -0.2) is 0 Å². The molecule has 0 radical (unpaired) electrons. The first kappa shape index (κ1) is 22.5. The summed E-state index contributed by atoms with van der Waals surface area (Å²) in [6.45, 7) is 12.4. The van der Waals surface area contributed by atoms with Gasteiger partial charge < -0.3 is 4.74 Å². The van der Waals surface area contributed by atoms with Gasteiger partial charge in [-0.3, -0.25) is 14.4 Å². The van der Waals surface area contributed by atoms with Crippen LogP contribution in [0.3, 0.4) is 0 Å². The molecule has 0 unspecified atom stereocenters. The lowest BCUT2D eigenvalue weighted by atomic mass is 9.48. The Bertz CT molecular complexity index is 882. The Kier molecular flexibility index (Phi) is 5.38. The summed E-state index contributed by atoms with van der Waals surface area (Å²) >= 11 is 0. The molecule has 0 amide bonds. The molecule has 0 spiro atoms. The van der Waals surface area contributed by atoms with Crippen LogP contribution in [-0.4, -0.2) is 23.1 Å². The van der Waals surface area contributed by atoms with Gasteiger partial charge in [-0.1, -0.05) is 51.8 Å². The molecule has 0 heterocycles. The van der Waals surface area contributed by atoms with E-state index in [-0.39, 0.29) is 28.9 Å². The predicted molar refractivity (Wildman–Crippen MR) is 120 cm³/mol. The number of ether oxygens (including phenoxy) is 1. The van der Waals surface area contributed by atoms with Gasteiger partial charge in [0.05, 0.1) is 0 Å². The van der Waals surface area contributed by atoms with Gasteiger partial charge in [0.25, 0.3) is 0 Å². The molecule has 0 aromatic heterocycles. The minimum absolute atomic E-state index is 0.00143. The summed E-state index contributed by atoms with van der Waals surface area (Å²) in [5.41, 5.74) is 1.28. The molecular weight excluding hydrogens is 388 g/mol. The molecule has 0 aromatic rings. The number of esters is 1. The number of ketones is 2. The molecule has 0 aromatic carbocycles. The van der Waals surface area contributed by atoms with Gasteiger partial charge in [0.1, 0.15) is 0 Å². The fourth-order valence-electron chi connectivity index (χ4n) is 8.07. The average molecular weight is 427 g/mol. The van der Waals surface area contributed by atoms with Crippen LogP contribution >= 0.6 is 0 Å². The standard InChI is InChI=1S/C27H38O4/c1-7-8-24(30)31-27(18(4)28)17(3)14-23-20-13-16(2)22-15-19(29)9-11-25(22,5)21(20)10-12-26(23,27)6/h10,15-17,20,23H,7-9,11-14H2,1-6H3/t16-,17-,20+,23-,25+,26-,27-/m0/s1. The first-order chi connectivity index (χ1) is 14.5. The van der Waals surface area contributed by atoms with Crippen LogP contribution in [0.1, 0.15) is 86.5 Å². The maximum absolute atomic E-state index is 13.2. The number of hydrogen-bond acceptors (Lipinski definition) is 4. The zero-order chi connectivity index (χ0) is 22.8. The first-order valence-electron chi connectivity index (χ1n) is 12.2. The third-order valence-corrected chi connectivity index (χ3v) is 9.45. The molecule has 170 valence electrons. The summed E-state index contributed by atoms with van der Waals surface area (Å²) in [5.74, 6) is 1.03. The van der Waals surface area contributed by atoms with Crippen molar-refractivity contribution in [1.82, 2.24) is 0 Å². The highest BCUT2D eigenvalue weighted by Gasteiger charge is 2.69. The van der Waals surface area contributed by atoms with E-state index < -0.39 is 11.0 Å². The largest absolute Gasteiger partial charge is 0.450 e. The number of allylic oxidation sites excluding steroid dienone is 4. The highest BCUT2D eigenvalue weighted by Crippen LogP contribution is 2.68. The molecule has 4 nitrogen and oxygen atoms in total. The quantitative estimate of drug-likeness (QED) is 0.433. The van der Waals surface area contributed by atoms with Crippen LogP contribution in [0, 0.1) is 34.5 Å². The van der Waals surface area contributed by atoms with Crippen LogP contribution in [0.5, 0.6) is 0 Å². The van der Waals surface area contributed by atoms with E-state index in [4.69, 9.17) is 4.74 Å². The molecule has 0 aliphatic heterocycles. The van der Waals surface area contributed by atoms with E-state index in [1.807, 2.05) is 13.0 Å². The van der Waals surface area contributed by atoms with E-state index in [0.717, 1.165) is 32.1 Å². The topological polar surface area (TPSA) is 60.4 Å². The van der Waals surface area contributed by atoms with E-state index in [0.29, 0.717) is 30.6 Å². The minimum Gasteiger partial charge on any atom is -0.450 e. The van der Waals surface area contributed by atoms with Crippen LogP contribution in [0.15, 0.2) is 23.3 Å². The van der Waals surface area contributed by atoms with Crippen molar-refractivity contribution >= 4 is 17.5 Å². The Morgan fingerprint density at radius 1 is 1.16 bits per heavy atom. The van der Waals surface area contributed by atoms with Crippen molar-refractivity contribution < 1.29 is 19.1 Å². The maximum atomic E-state index is 13.2. The monoisotopic (exact) mass is 426 g/mol. The van der Waals surface area contributed by atoms with Crippen LogP contribution < -0.4 is 0 Å². The Balaban J connectivity index is 1.79. The van der Waals surface area contributed by atoms with Crippen molar-refractivity contribution in [3.63, 3.8) is 0 Å². The smallest absolute Gasteiger partial charge is 0.306 e. The van der Waals surface area contributed by atoms with E-state index in [2.05, 4.69) is 33.8 Å². The lowest BCUT2D eigenvalue weighted by Gasteiger charge is -2.56. The summed E-state index contributed by atoms with van der Waals surface area (Å²) in [4.78, 5) is 38.0. The number of carbonyl (C=O) groups excluding carboxylic acids is 3. The van der Waals surface area contributed by atoms with E-state index in [1.165, 1.54) is 11.1 Å². The molecule has 4 rings (SSSR count). The minimum atomic E-state index is -1.05. The Labute approximate surface area is 186 Å². The van der Waals surface area contributed by atoms with Crippen molar-refractivity contribution in [2.45, 2.75) is 92.1 Å². The molecule has 4 aliphatic rings. The fourth-order valence-corrected chi connectivity index (χ4v) is 8.07. The van der Waals surface area contributed by atoms with Gasteiger partial charge in [-0.2, -0.15) is 0 Å². The number of Topliss-reactive ketones (excluding diaryl/α,β-unsaturated/α-hetero) is 1. The molecule has 31 heavy (non-hydrogen) atoms. The second-order valence-corrected chi connectivity index (χ2v) is 11.2. The highest BCUT2D eigenvalue weighted by atomic mass is 16.6. The van der Waals surface area contributed by atoms with Crippen molar-refractivity contribution in [3.05, 3.63) is 23.3 Å². The third-order valence-electron chi connectivity index (χ3n) is 9.45. The third kappa shape index (κ3) is 2.96. The highest BCUT2D eigenvalue weighted by molar-refractivity contribution is 5.92. The Morgan fingerprint density at radius 2 is 1.87 bits per heavy atom. The Morgan fingerprint density at radius 3 is 2.52 bits per heavy atom. The van der Waals surface area contributed by atoms with Crippen molar-refractivity contribution in [1.29, 1.82) is 0 Å². The average Bonchev–Trinajstić information content (AvgIpc) is 2.92. The van der Waals surface area contributed by atoms with Gasteiger partial charge in [-0.05, 0) is 62.9 Å². The first-order valence-corrected chi connectivity index (χ1v) is 12.2. The molecular formula is C27H38O4. The summed E-state index contributed by atoms with van der Waals surface area (Å²) in [6.07, 6.45) is 9.50. The van der Waals surface area contributed by atoms with E-state index in [1.54, 1.807) is 6.92 Å². The van der Waals surface area contributed by atoms with Crippen LogP contribution in [0.25, 0.3) is 0 Å². The summed E-state index contributed by atoms with van der Waals surface area (Å²) in [6, 6.07) is 0.